The van der Waals surface area contributed by atoms with Crippen LogP contribution in [0.1, 0.15) is 67.3 Å². The van der Waals surface area contributed by atoms with Crippen molar-refractivity contribution in [3.8, 4) is 0 Å². The molecular weight excluding hydrogens is 389 g/mol. The first kappa shape index (κ1) is 23.6. The quantitative estimate of drug-likeness (QED) is 0.711. The number of fused-ring (bicyclic) bond motifs is 1. The summed E-state index contributed by atoms with van der Waals surface area (Å²) in [5.41, 5.74) is 14.6. The topological polar surface area (TPSA) is 77.3 Å². The summed E-state index contributed by atoms with van der Waals surface area (Å²) >= 11 is 0. The van der Waals surface area contributed by atoms with Gasteiger partial charge >= 0.3 is 6.18 Å². The van der Waals surface area contributed by atoms with Gasteiger partial charge in [-0.1, -0.05) is 26.8 Å². The first-order valence-corrected chi connectivity index (χ1v) is 10.2. The molecular formula is C23H29F3N4. The number of alkyl halides is 3. The van der Waals surface area contributed by atoms with Crippen molar-refractivity contribution in [3.63, 3.8) is 0 Å². The van der Waals surface area contributed by atoms with Crippen molar-refractivity contribution in [1.82, 2.24) is 4.98 Å². The predicted octanol–water partition coefficient (Wildman–Crippen LogP) is 5.12. The van der Waals surface area contributed by atoms with Gasteiger partial charge in [0, 0.05) is 34.8 Å². The van der Waals surface area contributed by atoms with E-state index in [1.165, 1.54) is 6.07 Å². The number of rotatable bonds is 2. The fourth-order valence-corrected chi connectivity index (χ4v) is 3.18. The second-order valence-corrected chi connectivity index (χ2v) is 6.75. The molecule has 0 amide bonds. The molecule has 0 atom stereocenters. The molecule has 2 aromatic rings. The summed E-state index contributed by atoms with van der Waals surface area (Å²) in [5.74, 6) is 0.166. The number of hydrogen-bond donors (Lipinski definition) is 2. The maximum absolute atomic E-state index is 13.1. The molecule has 2 heterocycles. The Morgan fingerprint density at radius 1 is 1.07 bits per heavy atom. The summed E-state index contributed by atoms with van der Waals surface area (Å²) < 4.78 is 39.4. The van der Waals surface area contributed by atoms with Gasteiger partial charge in [0.05, 0.1) is 17.8 Å². The second kappa shape index (κ2) is 10.4. The predicted molar refractivity (Wildman–Crippen MR) is 116 cm³/mol. The van der Waals surface area contributed by atoms with Gasteiger partial charge in [-0.3, -0.25) is 9.98 Å². The van der Waals surface area contributed by atoms with Crippen LogP contribution in [0.5, 0.6) is 0 Å². The van der Waals surface area contributed by atoms with Crippen LogP contribution in [0.2, 0.25) is 0 Å². The highest BCUT2D eigenvalue weighted by atomic mass is 19.4. The average Bonchev–Trinajstić information content (AvgIpc) is 3.58. The van der Waals surface area contributed by atoms with Crippen molar-refractivity contribution < 1.29 is 13.2 Å². The van der Waals surface area contributed by atoms with Crippen LogP contribution in [0.25, 0.3) is 5.70 Å². The molecule has 7 heteroatoms. The zero-order valence-corrected chi connectivity index (χ0v) is 17.6. The number of nitrogens with two attached hydrogens (primary N) is 2. The highest BCUT2D eigenvalue weighted by Crippen LogP contribution is 2.44. The largest absolute Gasteiger partial charge is 0.416 e. The average molecular weight is 419 g/mol. The van der Waals surface area contributed by atoms with Gasteiger partial charge in [-0.25, -0.2) is 0 Å². The smallest absolute Gasteiger partial charge is 0.398 e. The minimum atomic E-state index is -4.35. The molecule has 4 N–H and O–H groups in total. The molecule has 4 rings (SSSR count). The third kappa shape index (κ3) is 5.48. The van der Waals surface area contributed by atoms with E-state index in [9.17, 15) is 13.2 Å². The maximum atomic E-state index is 13.1. The normalized spacial score (nSPS) is 15.3. The SMILES string of the molecule is CC.CCN.NC1=CCN=C(c2ccc(C(F)(F)F)cc2C2CC2)c2ccncc21. The minimum absolute atomic E-state index is 0.166. The Hall–Kier alpha value is -2.67. The lowest BCUT2D eigenvalue weighted by Gasteiger charge is -2.16. The van der Waals surface area contributed by atoms with Crippen LogP contribution in [0.15, 0.2) is 47.7 Å². The Bertz CT molecular complexity index is 913. The maximum Gasteiger partial charge on any atom is 0.416 e. The number of aromatic nitrogens is 1. The number of hydrogen-bond acceptors (Lipinski definition) is 4. The molecule has 0 saturated heterocycles. The van der Waals surface area contributed by atoms with Gasteiger partial charge in [-0.2, -0.15) is 13.2 Å². The highest BCUT2D eigenvalue weighted by molar-refractivity contribution is 6.16. The zero-order chi connectivity index (χ0) is 22.3. The van der Waals surface area contributed by atoms with Crippen molar-refractivity contribution >= 4 is 11.4 Å². The van der Waals surface area contributed by atoms with Crippen molar-refractivity contribution in [2.45, 2.75) is 45.7 Å². The summed E-state index contributed by atoms with van der Waals surface area (Å²) in [7, 11) is 0. The third-order valence-electron chi connectivity index (χ3n) is 4.60. The van der Waals surface area contributed by atoms with Crippen LogP contribution in [0.3, 0.4) is 0 Å². The Labute approximate surface area is 175 Å². The fourth-order valence-electron chi connectivity index (χ4n) is 3.18. The molecule has 1 aromatic carbocycles. The minimum Gasteiger partial charge on any atom is -0.398 e. The van der Waals surface area contributed by atoms with Crippen LogP contribution in [-0.4, -0.2) is 23.8 Å². The summed E-state index contributed by atoms with van der Waals surface area (Å²) in [4.78, 5) is 8.71. The lowest BCUT2D eigenvalue weighted by Crippen LogP contribution is -2.13. The van der Waals surface area contributed by atoms with E-state index in [1.807, 2.05) is 26.8 Å². The molecule has 0 spiro atoms. The number of pyridine rings is 1. The Balaban J connectivity index is 0.000000590. The Morgan fingerprint density at radius 3 is 2.33 bits per heavy atom. The lowest BCUT2D eigenvalue weighted by atomic mass is 9.91. The molecule has 4 nitrogen and oxygen atoms in total. The third-order valence-corrected chi connectivity index (χ3v) is 4.60. The summed E-state index contributed by atoms with van der Waals surface area (Å²) in [6.45, 7) is 7.04. The van der Waals surface area contributed by atoms with Crippen molar-refractivity contribution in [2.24, 2.45) is 16.5 Å². The van der Waals surface area contributed by atoms with Gasteiger partial charge in [-0.05, 0) is 55.1 Å². The molecule has 30 heavy (non-hydrogen) atoms. The van der Waals surface area contributed by atoms with Gasteiger partial charge in [0.1, 0.15) is 0 Å². The van der Waals surface area contributed by atoms with Gasteiger partial charge < -0.3 is 11.5 Å². The first-order valence-electron chi connectivity index (χ1n) is 10.2. The molecule has 1 aliphatic heterocycles. The molecule has 0 bridgehead atoms. The summed E-state index contributed by atoms with van der Waals surface area (Å²) in [6.07, 6.45) is 2.59. The van der Waals surface area contributed by atoms with Crippen molar-refractivity contribution in [2.75, 3.05) is 13.1 Å². The molecule has 1 aliphatic carbocycles. The summed E-state index contributed by atoms with van der Waals surface area (Å²) in [6, 6.07) is 5.76. The number of nitrogens with zero attached hydrogens (tertiary/aromatic N) is 2. The van der Waals surface area contributed by atoms with E-state index in [0.29, 0.717) is 18.0 Å². The zero-order valence-electron chi connectivity index (χ0n) is 17.6. The number of aliphatic imine (C=N–C) groups is 1. The van der Waals surface area contributed by atoms with Crippen molar-refractivity contribution in [3.05, 3.63) is 70.6 Å². The monoisotopic (exact) mass is 418 g/mol. The van der Waals surface area contributed by atoms with Crippen LogP contribution in [0.4, 0.5) is 13.2 Å². The van der Waals surface area contributed by atoms with E-state index >= 15 is 0 Å². The second-order valence-electron chi connectivity index (χ2n) is 6.75. The van der Waals surface area contributed by atoms with E-state index in [0.717, 1.165) is 47.7 Å². The Morgan fingerprint density at radius 2 is 1.73 bits per heavy atom. The van der Waals surface area contributed by atoms with E-state index in [1.54, 1.807) is 24.5 Å². The molecule has 0 radical (unpaired) electrons. The fraction of sp³-hybridized carbons (Fsp3) is 0.391. The standard InChI is InChI=1S/C19H16F3N3.C2H7N.C2H6/c20-19(21,22)12-3-4-13(15(9-12)11-1-2-11)18-14-5-7-24-10-16(14)17(23)6-8-25-18;1-2-3;1-2/h3-7,9-11H,1-2,8,23H2;2-3H2,1H3;1-2H3. The van der Waals surface area contributed by atoms with Crippen molar-refractivity contribution in [1.29, 1.82) is 0 Å². The van der Waals surface area contributed by atoms with E-state index in [2.05, 4.69) is 9.98 Å². The molecule has 1 saturated carbocycles. The van der Waals surface area contributed by atoms with E-state index in [4.69, 9.17) is 11.5 Å². The Kier molecular flexibility index (Phi) is 8.17. The highest BCUT2D eigenvalue weighted by Gasteiger charge is 2.35. The lowest BCUT2D eigenvalue weighted by molar-refractivity contribution is -0.137. The molecule has 0 unspecified atom stereocenters. The van der Waals surface area contributed by atoms with E-state index < -0.39 is 11.7 Å². The molecule has 162 valence electrons. The van der Waals surface area contributed by atoms with Gasteiger partial charge in [0.15, 0.2) is 0 Å². The van der Waals surface area contributed by atoms with Gasteiger partial charge in [0.2, 0.25) is 0 Å². The van der Waals surface area contributed by atoms with Crippen LogP contribution < -0.4 is 11.5 Å². The molecule has 2 aliphatic rings. The van der Waals surface area contributed by atoms with E-state index in [-0.39, 0.29) is 5.92 Å². The summed E-state index contributed by atoms with van der Waals surface area (Å²) in [5, 5.41) is 0. The molecule has 1 aromatic heterocycles. The molecule has 1 fully saturated rings. The van der Waals surface area contributed by atoms with Gasteiger partial charge in [-0.15, -0.1) is 0 Å². The van der Waals surface area contributed by atoms with Crippen LogP contribution in [-0.2, 0) is 6.18 Å². The van der Waals surface area contributed by atoms with Crippen LogP contribution >= 0.6 is 0 Å². The van der Waals surface area contributed by atoms with Crippen LogP contribution in [0, 0.1) is 0 Å². The number of halogens is 3. The first-order chi connectivity index (χ1) is 14.4. The number of benzene rings is 1. The van der Waals surface area contributed by atoms with Gasteiger partial charge in [0.25, 0.3) is 0 Å².